The summed E-state index contributed by atoms with van der Waals surface area (Å²) in [6, 6.07) is -0.330. The lowest BCUT2D eigenvalue weighted by Gasteiger charge is -2.03. The van der Waals surface area contributed by atoms with Gasteiger partial charge in [0.2, 0.25) is 11.7 Å². The largest absolute Gasteiger partial charge is 0.385 e. The van der Waals surface area contributed by atoms with Crippen molar-refractivity contribution in [3.8, 4) is 11.6 Å². The van der Waals surface area contributed by atoms with Gasteiger partial charge in [0.1, 0.15) is 6.33 Å². The molecule has 0 fully saturated rings. The lowest BCUT2D eigenvalue weighted by Crippen LogP contribution is -2.13. The summed E-state index contributed by atoms with van der Waals surface area (Å²) in [5.74, 6) is 1.16. The summed E-state index contributed by atoms with van der Waals surface area (Å²) in [6.45, 7) is 0.543. The number of aromatic nitrogens is 5. The molecule has 0 radical (unpaired) electrons. The van der Waals surface area contributed by atoms with Crippen molar-refractivity contribution in [2.24, 2.45) is 5.73 Å². The fourth-order valence-electron chi connectivity index (χ4n) is 1.16. The first-order valence-electron chi connectivity index (χ1n) is 4.75. The van der Waals surface area contributed by atoms with E-state index in [1.807, 2.05) is 0 Å². The Balaban J connectivity index is 2.07. The summed E-state index contributed by atoms with van der Waals surface area (Å²) >= 11 is 0. The number of nitrogens with zero attached hydrogens (tertiary/aromatic N) is 4. The van der Waals surface area contributed by atoms with E-state index >= 15 is 0 Å². The number of hydrogen-bond donors (Lipinski definition) is 2. The lowest BCUT2D eigenvalue weighted by atomic mass is 10.2. The maximum Gasteiger partial charge on any atom is 0.244 e. The van der Waals surface area contributed by atoms with E-state index in [1.54, 1.807) is 7.11 Å². The van der Waals surface area contributed by atoms with Crippen LogP contribution in [0.25, 0.3) is 11.6 Å². The molecule has 0 saturated carbocycles. The fourth-order valence-corrected chi connectivity index (χ4v) is 1.16. The second-order valence-corrected chi connectivity index (χ2v) is 3.18. The predicted octanol–water partition coefficient (Wildman–Crippen LogP) is -0.109. The molecule has 0 bridgehead atoms. The third-order valence-electron chi connectivity index (χ3n) is 2.02. The summed E-state index contributed by atoms with van der Waals surface area (Å²) in [4.78, 5) is 8.02. The highest BCUT2D eigenvalue weighted by molar-refractivity contribution is 5.39. The Hall–Kier alpha value is -1.80. The quantitative estimate of drug-likeness (QED) is 0.727. The zero-order valence-electron chi connectivity index (χ0n) is 8.75. The molecular weight excluding hydrogens is 212 g/mol. The molecule has 2 heterocycles. The van der Waals surface area contributed by atoms with Crippen molar-refractivity contribution in [2.75, 3.05) is 13.7 Å². The molecule has 2 aromatic rings. The van der Waals surface area contributed by atoms with E-state index in [0.717, 1.165) is 0 Å². The molecule has 0 aromatic carbocycles. The van der Waals surface area contributed by atoms with Gasteiger partial charge in [0, 0.05) is 13.7 Å². The Bertz CT molecular complexity index is 425. The first kappa shape index (κ1) is 10.7. The third-order valence-corrected chi connectivity index (χ3v) is 2.02. The van der Waals surface area contributed by atoms with Crippen LogP contribution in [0.15, 0.2) is 10.9 Å². The molecule has 86 valence electrons. The molecule has 16 heavy (non-hydrogen) atoms. The van der Waals surface area contributed by atoms with Gasteiger partial charge < -0.3 is 15.0 Å². The number of methoxy groups -OCH3 is 1. The van der Waals surface area contributed by atoms with Crippen LogP contribution in [0.1, 0.15) is 18.4 Å². The lowest BCUT2D eigenvalue weighted by molar-refractivity contribution is 0.182. The fraction of sp³-hybridized carbons (Fsp3) is 0.500. The molecule has 2 rings (SSSR count). The van der Waals surface area contributed by atoms with Gasteiger partial charge in [-0.05, 0) is 6.42 Å². The number of nitrogens with two attached hydrogens (primary N) is 1. The van der Waals surface area contributed by atoms with E-state index in [2.05, 4.69) is 25.3 Å². The van der Waals surface area contributed by atoms with Crippen LogP contribution in [0, 0.1) is 0 Å². The summed E-state index contributed by atoms with van der Waals surface area (Å²) in [5.41, 5.74) is 5.83. The Morgan fingerprint density at radius 3 is 3.19 bits per heavy atom. The zero-order chi connectivity index (χ0) is 11.4. The van der Waals surface area contributed by atoms with Crippen molar-refractivity contribution < 1.29 is 9.26 Å². The SMILES string of the molecule is COCCC(N)c1nc(-c2ncn[nH]2)no1. The van der Waals surface area contributed by atoms with Crippen LogP contribution in [0.5, 0.6) is 0 Å². The van der Waals surface area contributed by atoms with Gasteiger partial charge in [0.25, 0.3) is 0 Å². The van der Waals surface area contributed by atoms with Gasteiger partial charge in [-0.25, -0.2) is 4.98 Å². The highest BCUT2D eigenvalue weighted by atomic mass is 16.5. The molecule has 2 aromatic heterocycles. The maximum absolute atomic E-state index is 5.83. The normalized spacial score (nSPS) is 12.9. The van der Waals surface area contributed by atoms with Crippen LogP contribution in [-0.4, -0.2) is 39.0 Å². The zero-order valence-corrected chi connectivity index (χ0v) is 8.75. The molecule has 0 amide bonds. The standard InChI is InChI=1S/C8H12N6O2/c1-15-3-2-5(9)8-12-7(14-16-8)6-10-4-11-13-6/h4-5H,2-3,9H2,1H3,(H,10,11,13). The maximum atomic E-state index is 5.83. The summed E-state index contributed by atoms with van der Waals surface area (Å²) in [6.07, 6.45) is 1.99. The van der Waals surface area contributed by atoms with Crippen LogP contribution in [0.4, 0.5) is 0 Å². The van der Waals surface area contributed by atoms with E-state index < -0.39 is 0 Å². The van der Waals surface area contributed by atoms with Gasteiger partial charge in [-0.3, -0.25) is 5.10 Å². The predicted molar refractivity (Wildman–Crippen MR) is 53.1 cm³/mol. The molecular formula is C8H12N6O2. The van der Waals surface area contributed by atoms with Gasteiger partial charge in [-0.1, -0.05) is 5.16 Å². The molecule has 0 spiro atoms. The molecule has 3 N–H and O–H groups in total. The molecule has 0 saturated heterocycles. The summed E-state index contributed by atoms with van der Waals surface area (Å²) in [7, 11) is 1.61. The topological polar surface area (TPSA) is 116 Å². The highest BCUT2D eigenvalue weighted by Gasteiger charge is 2.16. The third kappa shape index (κ3) is 2.23. The first-order chi connectivity index (χ1) is 7.81. The van der Waals surface area contributed by atoms with Crippen molar-refractivity contribution >= 4 is 0 Å². The van der Waals surface area contributed by atoms with Crippen LogP contribution >= 0.6 is 0 Å². The highest BCUT2D eigenvalue weighted by Crippen LogP contribution is 2.15. The van der Waals surface area contributed by atoms with Crippen LogP contribution in [0.2, 0.25) is 0 Å². The van der Waals surface area contributed by atoms with E-state index in [0.29, 0.717) is 30.6 Å². The van der Waals surface area contributed by atoms with Crippen molar-refractivity contribution in [1.82, 2.24) is 25.3 Å². The number of nitrogens with one attached hydrogen (secondary N) is 1. The van der Waals surface area contributed by atoms with E-state index in [1.165, 1.54) is 6.33 Å². The minimum Gasteiger partial charge on any atom is -0.385 e. The minimum atomic E-state index is -0.330. The second kappa shape index (κ2) is 4.81. The molecule has 1 atom stereocenters. The minimum absolute atomic E-state index is 0.330. The van der Waals surface area contributed by atoms with Crippen molar-refractivity contribution in [1.29, 1.82) is 0 Å². The number of ether oxygens (including phenoxy) is 1. The summed E-state index contributed by atoms with van der Waals surface area (Å²) < 4.78 is 9.93. The Kier molecular flexibility index (Phi) is 3.22. The van der Waals surface area contributed by atoms with Crippen molar-refractivity contribution in [3.05, 3.63) is 12.2 Å². The van der Waals surface area contributed by atoms with Gasteiger partial charge in [0.15, 0.2) is 5.82 Å². The van der Waals surface area contributed by atoms with E-state index in [4.69, 9.17) is 15.0 Å². The van der Waals surface area contributed by atoms with Crippen molar-refractivity contribution in [2.45, 2.75) is 12.5 Å². The van der Waals surface area contributed by atoms with Crippen LogP contribution in [-0.2, 0) is 4.74 Å². The summed E-state index contributed by atoms with van der Waals surface area (Å²) in [5, 5.41) is 10.1. The molecule has 0 aliphatic heterocycles. The van der Waals surface area contributed by atoms with Gasteiger partial charge in [-0.15, -0.1) is 0 Å². The average molecular weight is 224 g/mol. The Morgan fingerprint density at radius 1 is 1.62 bits per heavy atom. The smallest absolute Gasteiger partial charge is 0.244 e. The Morgan fingerprint density at radius 2 is 2.50 bits per heavy atom. The molecule has 8 heteroatoms. The van der Waals surface area contributed by atoms with Gasteiger partial charge in [0.05, 0.1) is 6.04 Å². The van der Waals surface area contributed by atoms with E-state index in [9.17, 15) is 0 Å². The first-order valence-corrected chi connectivity index (χ1v) is 4.75. The van der Waals surface area contributed by atoms with E-state index in [-0.39, 0.29) is 6.04 Å². The molecule has 8 nitrogen and oxygen atoms in total. The monoisotopic (exact) mass is 224 g/mol. The van der Waals surface area contributed by atoms with Gasteiger partial charge in [-0.2, -0.15) is 10.1 Å². The average Bonchev–Trinajstić information content (AvgIpc) is 2.94. The van der Waals surface area contributed by atoms with Gasteiger partial charge >= 0.3 is 0 Å². The second-order valence-electron chi connectivity index (χ2n) is 3.18. The number of hydrogen-bond acceptors (Lipinski definition) is 7. The van der Waals surface area contributed by atoms with Crippen LogP contribution in [0.3, 0.4) is 0 Å². The molecule has 0 aliphatic rings. The number of H-pyrrole nitrogens is 1. The molecule has 0 aliphatic carbocycles. The Labute approximate surface area is 91.2 Å². The van der Waals surface area contributed by atoms with Crippen LogP contribution < -0.4 is 5.73 Å². The number of rotatable bonds is 5. The van der Waals surface area contributed by atoms with Crippen molar-refractivity contribution in [3.63, 3.8) is 0 Å². The number of aromatic amines is 1. The molecule has 1 unspecified atom stereocenters.